The molecule has 0 aromatic heterocycles. The fourth-order valence-electron chi connectivity index (χ4n) is 0.741. The Bertz CT molecular complexity index is 257. The zero-order valence-electron chi connectivity index (χ0n) is 5.83. The first-order valence-electron chi connectivity index (χ1n) is 3.17. The Hall–Kier alpha value is -1.81. The summed E-state index contributed by atoms with van der Waals surface area (Å²) in [7, 11) is 0. The van der Waals surface area contributed by atoms with E-state index in [1.807, 2.05) is 12.1 Å². The zero-order valence-corrected chi connectivity index (χ0v) is 5.83. The summed E-state index contributed by atoms with van der Waals surface area (Å²) in [6, 6.07) is 3.75. The van der Waals surface area contributed by atoms with Crippen LogP contribution in [0, 0.1) is 22.7 Å². The highest BCUT2D eigenvalue weighted by molar-refractivity contribution is 6.13. The quantitative estimate of drug-likeness (QED) is 0.521. The molecule has 0 fully saturated rings. The van der Waals surface area contributed by atoms with E-state index in [2.05, 4.69) is 10.3 Å². The molecule has 0 atom stereocenters. The van der Waals surface area contributed by atoms with Crippen molar-refractivity contribution in [3.8, 4) is 12.1 Å². The molecule has 54 valence electrons. The fourth-order valence-corrected chi connectivity index (χ4v) is 0.741. The topological polar surface area (TPSA) is 72.0 Å². The van der Waals surface area contributed by atoms with Crippen molar-refractivity contribution in [3.05, 3.63) is 11.8 Å². The number of nitrogens with one attached hydrogen (secondary N) is 1. The third kappa shape index (κ3) is 1.56. The maximum Gasteiger partial charge on any atom is 0.154 e. The lowest BCUT2D eigenvalue weighted by Crippen LogP contribution is -2.08. The summed E-state index contributed by atoms with van der Waals surface area (Å²) in [6.45, 7) is 1.22. The molecule has 0 saturated carbocycles. The number of nitrogens with zero attached hydrogens (tertiary/aromatic N) is 3. The van der Waals surface area contributed by atoms with Crippen LogP contribution in [0.4, 0.5) is 0 Å². The van der Waals surface area contributed by atoms with Gasteiger partial charge >= 0.3 is 0 Å². The molecule has 0 spiro atoms. The highest BCUT2D eigenvalue weighted by Crippen LogP contribution is 1.97. The molecule has 0 saturated heterocycles. The lowest BCUT2D eigenvalue weighted by atomic mass is 10.2. The number of hydrogen-bond donors (Lipinski definition) is 1. The summed E-state index contributed by atoms with van der Waals surface area (Å²) in [5.74, 6) is 0. The normalized spacial score (nSPS) is 16.2. The smallest absolute Gasteiger partial charge is 0.154 e. The summed E-state index contributed by atoms with van der Waals surface area (Å²) in [5, 5.41) is 19.9. The standard InChI is InChI=1S/C7H6N4/c8-3-6-5-10-1-2-11-7(6)4-9/h5,10H,1-2H2. The van der Waals surface area contributed by atoms with Crippen molar-refractivity contribution in [2.45, 2.75) is 0 Å². The molecule has 11 heavy (non-hydrogen) atoms. The molecule has 1 N–H and O–H groups in total. The van der Waals surface area contributed by atoms with Gasteiger partial charge in [-0.15, -0.1) is 0 Å². The Morgan fingerprint density at radius 2 is 2.27 bits per heavy atom. The fraction of sp³-hybridized carbons (Fsp3) is 0.286. The largest absolute Gasteiger partial charge is 0.388 e. The average Bonchev–Trinajstić information content (AvgIpc) is 2.27. The van der Waals surface area contributed by atoms with Gasteiger partial charge in [0.05, 0.1) is 6.54 Å². The molecule has 0 unspecified atom stereocenters. The molecule has 0 aromatic carbocycles. The van der Waals surface area contributed by atoms with Crippen LogP contribution in [0.25, 0.3) is 0 Å². The van der Waals surface area contributed by atoms with Gasteiger partial charge in [0, 0.05) is 12.7 Å². The van der Waals surface area contributed by atoms with Gasteiger partial charge in [-0.2, -0.15) is 10.5 Å². The molecule has 0 aromatic rings. The number of hydrogen-bond acceptors (Lipinski definition) is 4. The van der Waals surface area contributed by atoms with Crippen molar-refractivity contribution in [1.82, 2.24) is 5.32 Å². The predicted octanol–water partition coefficient (Wildman–Crippen LogP) is -0.0383. The maximum atomic E-state index is 8.53. The Morgan fingerprint density at radius 1 is 1.45 bits per heavy atom. The van der Waals surface area contributed by atoms with E-state index in [0.29, 0.717) is 18.7 Å². The van der Waals surface area contributed by atoms with Crippen LogP contribution in [0.5, 0.6) is 0 Å². The summed E-state index contributed by atoms with van der Waals surface area (Å²) in [6.07, 6.45) is 1.52. The number of aliphatic imine (C=N–C) groups is 1. The van der Waals surface area contributed by atoms with E-state index >= 15 is 0 Å². The second-order valence-corrected chi connectivity index (χ2v) is 1.97. The van der Waals surface area contributed by atoms with Gasteiger partial charge in [0.25, 0.3) is 0 Å². The van der Waals surface area contributed by atoms with Crippen LogP contribution < -0.4 is 5.32 Å². The molecule has 1 heterocycles. The molecule has 0 bridgehead atoms. The molecule has 1 aliphatic rings. The Labute approximate surface area is 64.5 Å². The lowest BCUT2D eigenvalue weighted by molar-refractivity contribution is 0.852. The van der Waals surface area contributed by atoms with Gasteiger partial charge < -0.3 is 5.32 Å². The molecule has 4 heteroatoms. The Balaban J connectivity index is 2.96. The maximum absolute atomic E-state index is 8.53. The van der Waals surface area contributed by atoms with Crippen LogP contribution in [0.15, 0.2) is 16.8 Å². The van der Waals surface area contributed by atoms with Crippen molar-refractivity contribution in [2.75, 3.05) is 13.1 Å². The number of nitriles is 2. The molecule has 0 radical (unpaired) electrons. The van der Waals surface area contributed by atoms with Crippen LogP contribution in [0.2, 0.25) is 0 Å². The minimum absolute atomic E-state index is 0.220. The highest BCUT2D eigenvalue weighted by atomic mass is 14.9. The minimum Gasteiger partial charge on any atom is -0.388 e. The number of rotatable bonds is 0. The third-order valence-electron chi connectivity index (χ3n) is 1.25. The first-order valence-corrected chi connectivity index (χ1v) is 3.17. The predicted molar refractivity (Wildman–Crippen MR) is 39.6 cm³/mol. The highest BCUT2D eigenvalue weighted by Gasteiger charge is 2.06. The van der Waals surface area contributed by atoms with Gasteiger partial charge in [0.15, 0.2) is 5.71 Å². The molecule has 0 aliphatic carbocycles. The van der Waals surface area contributed by atoms with Gasteiger partial charge in [-0.05, 0) is 0 Å². The Kier molecular flexibility index (Phi) is 2.24. The summed E-state index contributed by atoms with van der Waals surface area (Å²) in [5.41, 5.74) is 0.530. The summed E-state index contributed by atoms with van der Waals surface area (Å²) in [4.78, 5) is 3.90. The van der Waals surface area contributed by atoms with Crippen LogP contribution in [-0.2, 0) is 0 Å². The van der Waals surface area contributed by atoms with Crippen molar-refractivity contribution in [2.24, 2.45) is 4.99 Å². The van der Waals surface area contributed by atoms with E-state index in [4.69, 9.17) is 10.5 Å². The van der Waals surface area contributed by atoms with Crippen molar-refractivity contribution in [3.63, 3.8) is 0 Å². The average molecular weight is 146 g/mol. The van der Waals surface area contributed by atoms with Gasteiger partial charge in [-0.3, -0.25) is 4.99 Å². The van der Waals surface area contributed by atoms with E-state index in [-0.39, 0.29) is 5.71 Å². The third-order valence-corrected chi connectivity index (χ3v) is 1.25. The van der Waals surface area contributed by atoms with Crippen LogP contribution in [-0.4, -0.2) is 18.8 Å². The van der Waals surface area contributed by atoms with E-state index in [1.54, 1.807) is 0 Å². The molecule has 1 rings (SSSR count). The SMILES string of the molecule is N#CC1=CNCCN=C1C#N. The number of allylic oxidation sites excluding steroid dienone is 1. The van der Waals surface area contributed by atoms with Crippen LogP contribution >= 0.6 is 0 Å². The van der Waals surface area contributed by atoms with E-state index in [1.165, 1.54) is 6.20 Å². The second-order valence-electron chi connectivity index (χ2n) is 1.97. The van der Waals surface area contributed by atoms with Gasteiger partial charge in [-0.25, -0.2) is 0 Å². The van der Waals surface area contributed by atoms with E-state index in [0.717, 1.165) is 0 Å². The molecular formula is C7H6N4. The van der Waals surface area contributed by atoms with Gasteiger partial charge in [0.2, 0.25) is 0 Å². The zero-order chi connectivity index (χ0) is 8.10. The van der Waals surface area contributed by atoms with Gasteiger partial charge in [-0.1, -0.05) is 0 Å². The second kappa shape index (κ2) is 3.38. The molecule has 4 nitrogen and oxygen atoms in total. The first kappa shape index (κ1) is 7.30. The minimum atomic E-state index is 0.220. The summed E-state index contributed by atoms with van der Waals surface area (Å²) >= 11 is 0. The monoisotopic (exact) mass is 146 g/mol. The van der Waals surface area contributed by atoms with Crippen LogP contribution in [0.3, 0.4) is 0 Å². The lowest BCUT2D eigenvalue weighted by Gasteiger charge is -1.89. The Morgan fingerprint density at radius 3 is 2.91 bits per heavy atom. The first-order chi connectivity index (χ1) is 5.38. The van der Waals surface area contributed by atoms with Crippen molar-refractivity contribution >= 4 is 5.71 Å². The molecule has 1 aliphatic heterocycles. The van der Waals surface area contributed by atoms with Gasteiger partial charge in [0.1, 0.15) is 17.7 Å². The van der Waals surface area contributed by atoms with Crippen molar-refractivity contribution < 1.29 is 0 Å². The summed E-state index contributed by atoms with van der Waals surface area (Å²) < 4.78 is 0. The van der Waals surface area contributed by atoms with E-state index in [9.17, 15) is 0 Å². The van der Waals surface area contributed by atoms with E-state index < -0.39 is 0 Å². The molecular weight excluding hydrogens is 140 g/mol. The molecule has 0 amide bonds. The van der Waals surface area contributed by atoms with Crippen LogP contribution in [0.1, 0.15) is 0 Å². The van der Waals surface area contributed by atoms with Crippen molar-refractivity contribution in [1.29, 1.82) is 10.5 Å².